The average molecular weight is 579 g/mol. The van der Waals surface area contributed by atoms with Crippen molar-refractivity contribution in [3.63, 3.8) is 0 Å². The van der Waals surface area contributed by atoms with Crippen molar-refractivity contribution in [3.8, 4) is 11.4 Å². The molecule has 4 aromatic rings. The summed E-state index contributed by atoms with van der Waals surface area (Å²) in [5.41, 5.74) is 1.50. The molecule has 4 N–H and O–H groups in total. The zero-order chi connectivity index (χ0) is 30.1. The Morgan fingerprint density at radius 2 is 1.40 bits per heavy atom. The van der Waals surface area contributed by atoms with Gasteiger partial charge in [-0.2, -0.15) is 0 Å². The summed E-state index contributed by atoms with van der Waals surface area (Å²) >= 11 is 0. The number of amides is 2. The van der Waals surface area contributed by atoms with E-state index in [-0.39, 0.29) is 24.3 Å². The van der Waals surface area contributed by atoms with Crippen LogP contribution in [0.1, 0.15) is 30.9 Å². The van der Waals surface area contributed by atoms with Crippen LogP contribution in [0.3, 0.4) is 0 Å². The molecule has 0 saturated carbocycles. The maximum absolute atomic E-state index is 13.2. The molecule has 1 fully saturated rings. The van der Waals surface area contributed by atoms with Gasteiger partial charge in [0.05, 0.1) is 6.54 Å². The minimum atomic E-state index is -1.10. The predicted molar refractivity (Wildman–Crippen MR) is 168 cm³/mol. The van der Waals surface area contributed by atoms with Gasteiger partial charge in [0, 0.05) is 31.6 Å². The first-order valence-electron chi connectivity index (χ1n) is 14.7. The van der Waals surface area contributed by atoms with Gasteiger partial charge in [-0.3, -0.25) is 14.5 Å². The SMILES string of the molecule is CC(=O)NCCNc1cc(NC(=O)CN2CCC(C(O)(c3ccccc3)c3ccccc3)CC2)nc(-c2ccccc2)n1. The van der Waals surface area contributed by atoms with E-state index in [1.165, 1.54) is 6.92 Å². The number of aromatic nitrogens is 2. The molecule has 0 spiro atoms. The Morgan fingerprint density at radius 1 is 0.837 bits per heavy atom. The van der Waals surface area contributed by atoms with Crippen LogP contribution in [0.4, 0.5) is 11.6 Å². The number of anilines is 2. The lowest BCUT2D eigenvalue weighted by atomic mass is 9.72. The molecule has 2 amide bonds. The van der Waals surface area contributed by atoms with Crippen LogP contribution in [0.25, 0.3) is 11.4 Å². The molecule has 0 bridgehead atoms. The summed E-state index contributed by atoms with van der Waals surface area (Å²) in [6.45, 7) is 4.00. The molecule has 9 heteroatoms. The second kappa shape index (κ2) is 14.0. The molecule has 2 heterocycles. The largest absolute Gasteiger partial charge is 0.380 e. The third-order valence-corrected chi connectivity index (χ3v) is 7.80. The van der Waals surface area contributed by atoms with Gasteiger partial charge in [-0.05, 0) is 43.0 Å². The Bertz CT molecular complexity index is 1450. The van der Waals surface area contributed by atoms with Crippen LogP contribution in [0.15, 0.2) is 97.1 Å². The molecule has 222 valence electrons. The maximum atomic E-state index is 13.2. The summed E-state index contributed by atoms with van der Waals surface area (Å²) in [5, 5.41) is 21.1. The summed E-state index contributed by atoms with van der Waals surface area (Å²) in [7, 11) is 0. The highest BCUT2D eigenvalue weighted by molar-refractivity contribution is 5.92. The van der Waals surface area contributed by atoms with Gasteiger partial charge in [0.15, 0.2) is 5.82 Å². The Hall–Kier alpha value is -4.60. The maximum Gasteiger partial charge on any atom is 0.239 e. The Kier molecular flexibility index (Phi) is 9.76. The van der Waals surface area contributed by atoms with Crippen LogP contribution in [0.5, 0.6) is 0 Å². The van der Waals surface area contributed by atoms with Crippen LogP contribution >= 0.6 is 0 Å². The zero-order valence-electron chi connectivity index (χ0n) is 24.4. The van der Waals surface area contributed by atoms with E-state index in [9.17, 15) is 14.7 Å². The van der Waals surface area contributed by atoms with Crippen molar-refractivity contribution >= 4 is 23.5 Å². The number of hydrogen-bond donors (Lipinski definition) is 4. The van der Waals surface area contributed by atoms with Crippen LogP contribution in [-0.4, -0.2) is 64.5 Å². The van der Waals surface area contributed by atoms with E-state index in [4.69, 9.17) is 0 Å². The number of hydrogen-bond acceptors (Lipinski definition) is 7. The van der Waals surface area contributed by atoms with Gasteiger partial charge in [0.2, 0.25) is 11.8 Å². The van der Waals surface area contributed by atoms with Crippen LogP contribution in [0, 0.1) is 5.92 Å². The van der Waals surface area contributed by atoms with Gasteiger partial charge < -0.3 is 21.1 Å². The van der Waals surface area contributed by atoms with E-state index in [0.29, 0.717) is 43.6 Å². The second-order valence-electron chi connectivity index (χ2n) is 10.8. The molecule has 0 radical (unpaired) electrons. The first-order valence-corrected chi connectivity index (χ1v) is 14.7. The van der Waals surface area contributed by atoms with Crippen molar-refractivity contribution in [2.45, 2.75) is 25.4 Å². The second-order valence-corrected chi connectivity index (χ2v) is 10.8. The fourth-order valence-corrected chi connectivity index (χ4v) is 5.66. The van der Waals surface area contributed by atoms with Crippen molar-refractivity contribution < 1.29 is 14.7 Å². The molecule has 0 atom stereocenters. The van der Waals surface area contributed by atoms with Crippen molar-refractivity contribution in [1.29, 1.82) is 0 Å². The lowest BCUT2D eigenvalue weighted by Gasteiger charge is -2.42. The third kappa shape index (κ3) is 7.63. The molecular weight excluding hydrogens is 540 g/mol. The fourth-order valence-electron chi connectivity index (χ4n) is 5.66. The molecular formula is C34H38N6O3. The number of rotatable bonds is 11. The smallest absolute Gasteiger partial charge is 0.239 e. The lowest BCUT2D eigenvalue weighted by Crippen LogP contribution is -2.46. The van der Waals surface area contributed by atoms with Gasteiger partial charge >= 0.3 is 0 Å². The van der Waals surface area contributed by atoms with Crippen molar-refractivity contribution in [1.82, 2.24) is 20.2 Å². The molecule has 1 saturated heterocycles. The van der Waals surface area contributed by atoms with Gasteiger partial charge in [-0.15, -0.1) is 0 Å². The van der Waals surface area contributed by atoms with Crippen molar-refractivity contribution in [2.24, 2.45) is 5.92 Å². The Labute approximate surface area is 252 Å². The van der Waals surface area contributed by atoms with E-state index in [1.54, 1.807) is 6.07 Å². The average Bonchev–Trinajstić information content (AvgIpc) is 3.04. The quantitative estimate of drug-likeness (QED) is 0.196. The topological polar surface area (TPSA) is 119 Å². The summed E-state index contributed by atoms with van der Waals surface area (Å²) < 4.78 is 0. The van der Waals surface area contributed by atoms with E-state index < -0.39 is 5.60 Å². The number of nitrogens with zero attached hydrogens (tertiary/aromatic N) is 3. The molecule has 1 aromatic heterocycles. The monoisotopic (exact) mass is 578 g/mol. The first kappa shape index (κ1) is 29.9. The summed E-state index contributed by atoms with van der Waals surface area (Å²) in [4.78, 5) is 35.7. The van der Waals surface area contributed by atoms with E-state index in [0.717, 1.165) is 29.5 Å². The molecule has 1 aliphatic heterocycles. The highest BCUT2D eigenvalue weighted by atomic mass is 16.3. The van der Waals surface area contributed by atoms with Crippen molar-refractivity contribution in [2.75, 3.05) is 43.4 Å². The van der Waals surface area contributed by atoms with Gasteiger partial charge in [-0.25, -0.2) is 9.97 Å². The first-order chi connectivity index (χ1) is 20.9. The zero-order valence-corrected chi connectivity index (χ0v) is 24.4. The predicted octanol–water partition coefficient (Wildman–Crippen LogP) is 4.28. The van der Waals surface area contributed by atoms with Crippen molar-refractivity contribution in [3.05, 3.63) is 108 Å². The number of carbonyl (C=O) groups excluding carboxylic acids is 2. The molecule has 9 nitrogen and oxygen atoms in total. The third-order valence-electron chi connectivity index (χ3n) is 7.80. The number of likely N-dealkylation sites (tertiary alicyclic amines) is 1. The molecule has 5 rings (SSSR count). The van der Waals surface area contributed by atoms with E-state index in [1.807, 2.05) is 91.0 Å². The molecule has 43 heavy (non-hydrogen) atoms. The summed E-state index contributed by atoms with van der Waals surface area (Å²) in [6.07, 6.45) is 1.50. The Balaban J connectivity index is 1.24. The lowest BCUT2D eigenvalue weighted by molar-refractivity contribution is -0.119. The number of benzene rings is 3. The van der Waals surface area contributed by atoms with E-state index in [2.05, 4.69) is 30.8 Å². The van der Waals surface area contributed by atoms with Gasteiger partial charge in [-0.1, -0.05) is 91.0 Å². The van der Waals surface area contributed by atoms with Crippen LogP contribution in [0.2, 0.25) is 0 Å². The van der Waals surface area contributed by atoms with E-state index >= 15 is 0 Å². The fraction of sp³-hybridized carbons (Fsp3) is 0.294. The standard InChI is InChI=1S/C34H38N6O3/c1-25(41)35-19-20-36-30-23-31(39-33(38-30)26-11-5-2-6-12-26)37-32(42)24-40-21-17-29(18-22-40)34(43,27-13-7-3-8-14-27)28-15-9-4-10-16-28/h2-16,23,29,43H,17-22,24H2,1H3,(H,35,41)(H2,36,37,38,39,42). The highest BCUT2D eigenvalue weighted by Crippen LogP contribution is 2.41. The normalized spacial score (nSPS) is 14.2. The van der Waals surface area contributed by atoms with Crippen LogP contribution in [-0.2, 0) is 15.2 Å². The minimum absolute atomic E-state index is 0.0121. The molecule has 0 aliphatic carbocycles. The molecule has 1 aliphatic rings. The number of nitrogens with one attached hydrogen (secondary N) is 3. The van der Waals surface area contributed by atoms with Gasteiger partial charge in [0.1, 0.15) is 17.2 Å². The number of aliphatic hydroxyl groups is 1. The minimum Gasteiger partial charge on any atom is -0.380 e. The Morgan fingerprint density at radius 3 is 1.98 bits per heavy atom. The summed E-state index contributed by atoms with van der Waals surface area (Å²) in [6, 6.07) is 31.0. The summed E-state index contributed by atoms with van der Waals surface area (Å²) in [5.74, 6) is 1.19. The van der Waals surface area contributed by atoms with Gasteiger partial charge in [0.25, 0.3) is 0 Å². The number of carbonyl (C=O) groups is 2. The number of piperidine rings is 1. The highest BCUT2D eigenvalue weighted by Gasteiger charge is 2.41. The van der Waals surface area contributed by atoms with Crippen LogP contribution < -0.4 is 16.0 Å². The molecule has 3 aromatic carbocycles. The molecule has 0 unspecified atom stereocenters.